The van der Waals surface area contributed by atoms with Crippen molar-refractivity contribution >= 4 is 34.8 Å². The van der Waals surface area contributed by atoms with Crippen LogP contribution in [0.25, 0.3) is 0 Å². The first-order chi connectivity index (χ1) is 8.97. The number of hydrogen-bond donors (Lipinski definition) is 1. The van der Waals surface area contributed by atoms with Crippen molar-refractivity contribution in [1.29, 1.82) is 0 Å². The predicted octanol–water partition coefficient (Wildman–Crippen LogP) is 3.54. The first-order valence-electron chi connectivity index (χ1n) is 5.46. The van der Waals surface area contributed by atoms with E-state index >= 15 is 0 Å². The van der Waals surface area contributed by atoms with Gasteiger partial charge in [0.25, 0.3) is 5.56 Å². The van der Waals surface area contributed by atoms with Gasteiger partial charge in [0.1, 0.15) is 0 Å². The second kappa shape index (κ2) is 5.97. The number of aromatic nitrogens is 1. The van der Waals surface area contributed by atoms with E-state index < -0.39 is 6.10 Å². The van der Waals surface area contributed by atoms with E-state index in [-0.39, 0.29) is 12.1 Å². The molecule has 0 aliphatic rings. The molecule has 100 valence electrons. The van der Waals surface area contributed by atoms with Crippen molar-refractivity contribution in [2.45, 2.75) is 12.6 Å². The summed E-state index contributed by atoms with van der Waals surface area (Å²) in [7, 11) is 0. The van der Waals surface area contributed by atoms with Gasteiger partial charge in [-0.25, -0.2) is 0 Å². The minimum atomic E-state index is -0.916. The molecule has 0 aliphatic carbocycles. The van der Waals surface area contributed by atoms with Gasteiger partial charge < -0.3 is 9.67 Å². The van der Waals surface area contributed by atoms with E-state index in [0.717, 1.165) is 0 Å². The van der Waals surface area contributed by atoms with Gasteiger partial charge in [0.05, 0.1) is 17.7 Å². The van der Waals surface area contributed by atoms with Gasteiger partial charge in [0.15, 0.2) is 0 Å². The van der Waals surface area contributed by atoms with Crippen LogP contribution in [0.5, 0.6) is 0 Å². The number of pyridine rings is 1. The Morgan fingerprint density at radius 2 is 1.79 bits per heavy atom. The maximum absolute atomic E-state index is 11.6. The number of hydrogen-bond acceptors (Lipinski definition) is 2. The van der Waals surface area contributed by atoms with E-state index in [9.17, 15) is 9.90 Å². The van der Waals surface area contributed by atoms with E-state index in [1.54, 1.807) is 18.2 Å². The van der Waals surface area contributed by atoms with Crippen molar-refractivity contribution in [3.8, 4) is 0 Å². The molecule has 0 spiro atoms. The third-order valence-electron chi connectivity index (χ3n) is 2.64. The molecule has 2 aromatic rings. The molecule has 0 saturated heterocycles. The van der Waals surface area contributed by atoms with Crippen LogP contribution in [0.15, 0.2) is 41.3 Å². The lowest BCUT2D eigenvalue weighted by Gasteiger charge is -2.14. The topological polar surface area (TPSA) is 42.2 Å². The Labute approximate surface area is 125 Å². The molecule has 0 radical (unpaired) electrons. The first-order valence-corrected chi connectivity index (χ1v) is 6.60. The van der Waals surface area contributed by atoms with E-state index in [1.165, 1.54) is 22.9 Å². The van der Waals surface area contributed by atoms with Gasteiger partial charge in [-0.15, -0.1) is 0 Å². The second-order valence-corrected chi connectivity index (χ2v) is 5.30. The van der Waals surface area contributed by atoms with Crippen molar-refractivity contribution in [1.82, 2.24) is 4.57 Å². The third kappa shape index (κ3) is 3.51. The zero-order chi connectivity index (χ0) is 14.0. The summed E-state index contributed by atoms with van der Waals surface area (Å²) >= 11 is 17.6. The summed E-state index contributed by atoms with van der Waals surface area (Å²) in [5, 5.41) is 11.4. The lowest BCUT2D eigenvalue weighted by Crippen LogP contribution is -2.22. The van der Waals surface area contributed by atoms with Crippen LogP contribution < -0.4 is 5.56 Å². The van der Waals surface area contributed by atoms with Crippen LogP contribution in [0.3, 0.4) is 0 Å². The lowest BCUT2D eigenvalue weighted by atomic mass is 10.1. The van der Waals surface area contributed by atoms with Crippen LogP contribution in [0.4, 0.5) is 0 Å². The van der Waals surface area contributed by atoms with Gasteiger partial charge in [-0.1, -0.05) is 40.9 Å². The number of aliphatic hydroxyl groups is 1. The smallest absolute Gasteiger partial charge is 0.250 e. The highest BCUT2D eigenvalue weighted by atomic mass is 35.5. The monoisotopic (exact) mass is 317 g/mol. The van der Waals surface area contributed by atoms with Crippen LogP contribution in [-0.2, 0) is 6.54 Å². The van der Waals surface area contributed by atoms with Crippen LogP contribution in [-0.4, -0.2) is 9.67 Å². The van der Waals surface area contributed by atoms with E-state index in [1.807, 2.05) is 0 Å². The summed E-state index contributed by atoms with van der Waals surface area (Å²) in [6.45, 7) is 0.0702. The molecule has 2 rings (SSSR count). The molecule has 1 aromatic heterocycles. The Kier molecular flexibility index (Phi) is 4.53. The quantitative estimate of drug-likeness (QED) is 0.940. The zero-order valence-electron chi connectivity index (χ0n) is 9.69. The molecular formula is C13H10Cl3NO2. The van der Waals surface area contributed by atoms with Gasteiger partial charge in [0, 0.05) is 27.9 Å². The predicted molar refractivity (Wildman–Crippen MR) is 77.1 cm³/mol. The Morgan fingerprint density at radius 1 is 1.11 bits per heavy atom. The van der Waals surface area contributed by atoms with Gasteiger partial charge in [-0.05, 0) is 18.2 Å². The molecule has 19 heavy (non-hydrogen) atoms. The Hall–Kier alpha value is -1.000. The molecule has 0 amide bonds. The summed E-state index contributed by atoms with van der Waals surface area (Å²) in [6, 6.07) is 7.65. The third-order valence-corrected chi connectivity index (χ3v) is 3.42. The number of rotatable bonds is 3. The van der Waals surface area contributed by atoms with Gasteiger partial charge >= 0.3 is 0 Å². The van der Waals surface area contributed by atoms with E-state index in [0.29, 0.717) is 20.6 Å². The van der Waals surface area contributed by atoms with Crippen molar-refractivity contribution in [2.75, 3.05) is 0 Å². The SMILES string of the molecule is O=c1ccc(Cl)cn1CC(O)c1ccc(Cl)cc1Cl. The Balaban J connectivity index is 2.28. The normalized spacial score (nSPS) is 12.4. The second-order valence-electron chi connectivity index (χ2n) is 4.02. The molecule has 1 atom stereocenters. The summed E-state index contributed by atoms with van der Waals surface area (Å²) in [4.78, 5) is 11.6. The molecule has 0 bridgehead atoms. The highest BCUT2D eigenvalue weighted by molar-refractivity contribution is 6.35. The molecular weight excluding hydrogens is 309 g/mol. The Bertz CT molecular complexity index is 655. The van der Waals surface area contributed by atoms with Crippen molar-refractivity contribution < 1.29 is 5.11 Å². The van der Waals surface area contributed by atoms with Crippen LogP contribution in [0.1, 0.15) is 11.7 Å². The minimum absolute atomic E-state index is 0.0702. The standard InChI is InChI=1S/C13H10Cl3NO2/c14-8-1-3-10(11(16)5-8)12(18)7-17-6-9(15)2-4-13(17)19/h1-6,12,18H,7H2. The van der Waals surface area contributed by atoms with Gasteiger partial charge in [-0.2, -0.15) is 0 Å². The lowest BCUT2D eigenvalue weighted by molar-refractivity contribution is 0.155. The molecule has 1 aromatic carbocycles. The summed E-state index contributed by atoms with van der Waals surface area (Å²) < 4.78 is 1.33. The van der Waals surface area contributed by atoms with E-state index in [4.69, 9.17) is 34.8 Å². The fraction of sp³-hybridized carbons (Fsp3) is 0.154. The largest absolute Gasteiger partial charge is 0.386 e. The molecule has 1 unspecified atom stereocenters. The maximum atomic E-state index is 11.6. The molecule has 3 nitrogen and oxygen atoms in total. The number of nitrogens with zero attached hydrogens (tertiary/aromatic N) is 1. The van der Waals surface area contributed by atoms with Crippen molar-refractivity contribution in [3.63, 3.8) is 0 Å². The highest BCUT2D eigenvalue weighted by Crippen LogP contribution is 2.27. The minimum Gasteiger partial charge on any atom is -0.386 e. The Morgan fingerprint density at radius 3 is 2.47 bits per heavy atom. The van der Waals surface area contributed by atoms with Crippen molar-refractivity contribution in [2.24, 2.45) is 0 Å². The van der Waals surface area contributed by atoms with Crippen LogP contribution >= 0.6 is 34.8 Å². The van der Waals surface area contributed by atoms with Crippen LogP contribution in [0, 0.1) is 0 Å². The molecule has 1 heterocycles. The number of aliphatic hydroxyl groups excluding tert-OH is 1. The van der Waals surface area contributed by atoms with Gasteiger partial charge in [-0.3, -0.25) is 4.79 Å². The zero-order valence-corrected chi connectivity index (χ0v) is 12.0. The molecule has 0 saturated carbocycles. The first kappa shape index (κ1) is 14.4. The van der Waals surface area contributed by atoms with Crippen molar-refractivity contribution in [3.05, 3.63) is 67.5 Å². The molecule has 0 fully saturated rings. The number of benzene rings is 1. The average Bonchev–Trinajstić information content (AvgIpc) is 2.33. The fourth-order valence-electron chi connectivity index (χ4n) is 1.70. The maximum Gasteiger partial charge on any atom is 0.250 e. The molecule has 1 N–H and O–H groups in total. The average molecular weight is 319 g/mol. The van der Waals surface area contributed by atoms with Crippen LogP contribution in [0.2, 0.25) is 15.1 Å². The molecule has 6 heteroatoms. The fourth-order valence-corrected chi connectivity index (χ4v) is 2.42. The summed E-state index contributed by atoms with van der Waals surface area (Å²) in [6.07, 6.45) is 0.553. The summed E-state index contributed by atoms with van der Waals surface area (Å²) in [5.41, 5.74) is 0.270. The van der Waals surface area contributed by atoms with E-state index in [2.05, 4.69) is 0 Å². The highest BCUT2D eigenvalue weighted by Gasteiger charge is 2.13. The summed E-state index contributed by atoms with van der Waals surface area (Å²) in [5.74, 6) is 0. The molecule has 0 aliphatic heterocycles. The van der Waals surface area contributed by atoms with Gasteiger partial charge in [0.2, 0.25) is 0 Å². The number of halogens is 3.